The zero-order valence-corrected chi connectivity index (χ0v) is 14.4. The van der Waals surface area contributed by atoms with E-state index < -0.39 is 0 Å². The minimum atomic E-state index is -0.173. The molecule has 1 N–H and O–H groups in total. The van der Waals surface area contributed by atoms with Gasteiger partial charge >= 0.3 is 0 Å². The Labute approximate surface area is 151 Å². The summed E-state index contributed by atoms with van der Waals surface area (Å²) in [6, 6.07) is 15.1. The van der Waals surface area contributed by atoms with Crippen molar-refractivity contribution < 1.29 is 4.79 Å². The van der Waals surface area contributed by atoms with E-state index >= 15 is 0 Å². The van der Waals surface area contributed by atoms with Crippen LogP contribution in [0.1, 0.15) is 24.1 Å². The summed E-state index contributed by atoms with van der Waals surface area (Å²) < 4.78 is 1.68. The number of halogens is 1. The molecule has 0 bridgehead atoms. The van der Waals surface area contributed by atoms with Crippen LogP contribution in [0.25, 0.3) is 11.8 Å². The lowest BCUT2D eigenvalue weighted by atomic mass is 10.1. The predicted molar refractivity (Wildman–Crippen MR) is 98.4 cm³/mol. The summed E-state index contributed by atoms with van der Waals surface area (Å²) in [6.45, 7) is 1.94. The van der Waals surface area contributed by atoms with Gasteiger partial charge in [0.25, 0.3) is 0 Å². The third-order valence-electron chi connectivity index (χ3n) is 3.75. The first-order valence-corrected chi connectivity index (χ1v) is 8.19. The minimum absolute atomic E-state index is 0.117. The van der Waals surface area contributed by atoms with Crippen LogP contribution in [0.4, 0.5) is 0 Å². The molecule has 0 saturated heterocycles. The van der Waals surface area contributed by atoms with Gasteiger partial charge in [-0.25, -0.2) is 9.67 Å². The largest absolute Gasteiger partial charge is 0.346 e. The summed E-state index contributed by atoms with van der Waals surface area (Å²) in [5.41, 5.74) is 2.73. The minimum Gasteiger partial charge on any atom is -0.346 e. The van der Waals surface area contributed by atoms with Crippen LogP contribution < -0.4 is 5.32 Å². The van der Waals surface area contributed by atoms with Crippen LogP contribution in [-0.4, -0.2) is 20.7 Å². The Kier molecular flexibility index (Phi) is 5.26. The Hall–Kier alpha value is -2.92. The maximum atomic E-state index is 12.1. The SMILES string of the molecule is C[C@H](NC(=O)/C=C\c1ccccc1Cl)c1ccc(-n2cncn2)cc1. The number of carbonyl (C=O) groups excluding carboxylic acids is 1. The molecule has 0 radical (unpaired) electrons. The van der Waals surface area contributed by atoms with Gasteiger partial charge in [-0.3, -0.25) is 4.79 Å². The van der Waals surface area contributed by atoms with Crippen molar-refractivity contribution in [2.24, 2.45) is 0 Å². The Morgan fingerprint density at radius 1 is 1.20 bits per heavy atom. The topological polar surface area (TPSA) is 59.8 Å². The lowest BCUT2D eigenvalue weighted by Crippen LogP contribution is -2.24. The number of rotatable bonds is 5. The number of hydrogen-bond acceptors (Lipinski definition) is 3. The lowest BCUT2D eigenvalue weighted by molar-refractivity contribution is -0.117. The zero-order valence-electron chi connectivity index (χ0n) is 13.6. The highest BCUT2D eigenvalue weighted by Crippen LogP contribution is 2.17. The van der Waals surface area contributed by atoms with Crippen LogP contribution in [0.3, 0.4) is 0 Å². The Morgan fingerprint density at radius 2 is 1.96 bits per heavy atom. The van der Waals surface area contributed by atoms with Gasteiger partial charge in [0.1, 0.15) is 12.7 Å². The highest BCUT2D eigenvalue weighted by atomic mass is 35.5. The van der Waals surface area contributed by atoms with Gasteiger partial charge in [-0.1, -0.05) is 41.9 Å². The molecule has 0 aliphatic heterocycles. The molecule has 1 aromatic heterocycles. The van der Waals surface area contributed by atoms with E-state index in [9.17, 15) is 4.79 Å². The van der Waals surface area contributed by atoms with Gasteiger partial charge in [0, 0.05) is 11.1 Å². The van der Waals surface area contributed by atoms with Gasteiger partial charge in [-0.2, -0.15) is 5.10 Å². The van der Waals surface area contributed by atoms with Crippen LogP contribution in [0.2, 0.25) is 5.02 Å². The first kappa shape index (κ1) is 16.9. The van der Waals surface area contributed by atoms with Crippen LogP contribution in [0.15, 0.2) is 67.3 Å². The number of hydrogen-bond donors (Lipinski definition) is 1. The van der Waals surface area contributed by atoms with E-state index in [0.717, 1.165) is 16.8 Å². The smallest absolute Gasteiger partial charge is 0.244 e. The first-order valence-electron chi connectivity index (χ1n) is 7.81. The van der Waals surface area contributed by atoms with E-state index in [1.807, 2.05) is 49.4 Å². The van der Waals surface area contributed by atoms with E-state index in [4.69, 9.17) is 11.6 Å². The number of benzene rings is 2. The fourth-order valence-corrected chi connectivity index (χ4v) is 2.58. The van der Waals surface area contributed by atoms with E-state index in [1.54, 1.807) is 23.2 Å². The molecule has 25 heavy (non-hydrogen) atoms. The fraction of sp³-hybridized carbons (Fsp3) is 0.105. The molecule has 6 heteroatoms. The molecular weight excluding hydrogens is 336 g/mol. The molecule has 0 aliphatic carbocycles. The third kappa shape index (κ3) is 4.33. The maximum absolute atomic E-state index is 12.1. The highest BCUT2D eigenvalue weighted by Gasteiger charge is 2.08. The quantitative estimate of drug-likeness (QED) is 0.710. The Morgan fingerprint density at radius 3 is 2.64 bits per heavy atom. The molecule has 0 unspecified atom stereocenters. The van der Waals surface area contributed by atoms with E-state index in [2.05, 4.69) is 15.4 Å². The summed E-state index contributed by atoms with van der Waals surface area (Å²) >= 11 is 6.07. The molecule has 1 atom stereocenters. The normalized spacial score (nSPS) is 12.2. The van der Waals surface area contributed by atoms with Crippen molar-refractivity contribution >= 4 is 23.6 Å². The number of carbonyl (C=O) groups is 1. The summed E-state index contributed by atoms with van der Waals surface area (Å²) in [4.78, 5) is 16.0. The molecule has 0 spiro atoms. The summed E-state index contributed by atoms with van der Waals surface area (Å²) in [5, 5.41) is 7.64. The van der Waals surface area contributed by atoms with Gasteiger partial charge in [0.05, 0.1) is 11.7 Å². The molecule has 2 aromatic carbocycles. The van der Waals surface area contributed by atoms with Crippen LogP contribution in [-0.2, 0) is 4.79 Å². The van der Waals surface area contributed by atoms with Crippen LogP contribution >= 0.6 is 11.6 Å². The Bertz CT molecular complexity index is 873. The molecule has 1 heterocycles. The first-order chi connectivity index (χ1) is 12.1. The van der Waals surface area contributed by atoms with Gasteiger partial charge in [-0.15, -0.1) is 0 Å². The van der Waals surface area contributed by atoms with Crippen LogP contribution in [0.5, 0.6) is 0 Å². The summed E-state index contributed by atoms with van der Waals surface area (Å²) in [5.74, 6) is -0.173. The number of amides is 1. The van der Waals surface area contributed by atoms with E-state index in [0.29, 0.717) is 5.02 Å². The van der Waals surface area contributed by atoms with Crippen molar-refractivity contribution in [3.8, 4) is 5.69 Å². The zero-order chi connectivity index (χ0) is 17.6. The predicted octanol–water partition coefficient (Wildman–Crippen LogP) is 3.81. The molecular formula is C19H17ClN4O. The summed E-state index contributed by atoms with van der Waals surface area (Å²) in [6.07, 6.45) is 6.32. The molecule has 3 aromatic rings. The van der Waals surface area contributed by atoms with Crippen molar-refractivity contribution in [2.75, 3.05) is 0 Å². The number of nitrogens with zero attached hydrogens (tertiary/aromatic N) is 3. The number of aromatic nitrogens is 3. The molecule has 0 saturated carbocycles. The molecule has 126 valence electrons. The van der Waals surface area contributed by atoms with Crippen molar-refractivity contribution in [3.63, 3.8) is 0 Å². The van der Waals surface area contributed by atoms with E-state index in [-0.39, 0.29) is 11.9 Å². The van der Waals surface area contributed by atoms with Gasteiger partial charge < -0.3 is 5.32 Å². The highest BCUT2D eigenvalue weighted by molar-refractivity contribution is 6.32. The molecule has 3 rings (SSSR count). The lowest BCUT2D eigenvalue weighted by Gasteiger charge is -2.13. The second kappa shape index (κ2) is 7.77. The van der Waals surface area contributed by atoms with Crippen molar-refractivity contribution in [3.05, 3.63) is 83.4 Å². The molecule has 5 nitrogen and oxygen atoms in total. The maximum Gasteiger partial charge on any atom is 0.244 e. The van der Waals surface area contributed by atoms with Crippen molar-refractivity contribution in [2.45, 2.75) is 13.0 Å². The van der Waals surface area contributed by atoms with Gasteiger partial charge in [0.2, 0.25) is 5.91 Å². The van der Waals surface area contributed by atoms with Crippen molar-refractivity contribution in [1.29, 1.82) is 0 Å². The fourth-order valence-electron chi connectivity index (χ4n) is 2.38. The second-order valence-corrected chi connectivity index (χ2v) is 5.92. The average molecular weight is 353 g/mol. The summed E-state index contributed by atoms with van der Waals surface area (Å²) in [7, 11) is 0. The number of nitrogens with one attached hydrogen (secondary N) is 1. The van der Waals surface area contributed by atoms with E-state index in [1.165, 1.54) is 12.4 Å². The Balaban J connectivity index is 1.62. The third-order valence-corrected chi connectivity index (χ3v) is 4.10. The average Bonchev–Trinajstić information content (AvgIpc) is 3.16. The van der Waals surface area contributed by atoms with Crippen molar-refractivity contribution in [1.82, 2.24) is 20.1 Å². The van der Waals surface area contributed by atoms with Gasteiger partial charge in [0.15, 0.2) is 0 Å². The molecule has 0 fully saturated rings. The molecule has 1 amide bonds. The van der Waals surface area contributed by atoms with Crippen LogP contribution in [0, 0.1) is 0 Å². The second-order valence-electron chi connectivity index (χ2n) is 5.52. The van der Waals surface area contributed by atoms with Gasteiger partial charge in [-0.05, 0) is 42.3 Å². The monoisotopic (exact) mass is 352 g/mol. The standard InChI is InChI=1S/C19H17ClN4O/c1-14(15-6-9-17(10-7-15)24-13-21-12-22-24)23-19(25)11-8-16-4-2-3-5-18(16)20/h2-14H,1H3,(H,23,25)/b11-8-/t14-/m0/s1. The molecule has 0 aliphatic rings.